The van der Waals surface area contributed by atoms with E-state index in [1.54, 1.807) is 49.4 Å². The number of carbonyl (C=O) groups excluding carboxylic acids is 2. The fraction of sp³-hybridized carbons (Fsp3) is 0.375. The molecule has 3 aromatic carbocycles. The maximum absolute atomic E-state index is 14.2. The summed E-state index contributed by atoms with van der Waals surface area (Å²) >= 11 is 6.23. The standard InChI is InChI=1S/C32H38ClN3O5S/c1-22-12-15-28(16-13-22)42(39,40)36(29-18-23(2)14-17-30(29)41-4)21-31(37)35(20-25-8-7-9-26(33)19-25)24(3)32(38)34-27-10-5-6-11-27/h7-9,12-19,24,27H,5-6,10-11,20-21H2,1-4H3,(H,34,38)/t24-/m0/s1. The van der Waals surface area contributed by atoms with Crippen molar-refractivity contribution in [2.75, 3.05) is 18.0 Å². The molecular weight excluding hydrogens is 574 g/mol. The van der Waals surface area contributed by atoms with E-state index < -0.39 is 28.5 Å². The molecule has 1 aliphatic rings. The van der Waals surface area contributed by atoms with Gasteiger partial charge in [0, 0.05) is 17.6 Å². The van der Waals surface area contributed by atoms with Crippen LogP contribution in [0.5, 0.6) is 5.75 Å². The number of hydrogen-bond acceptors (Lipinski definition) is 5. The van der Waals surface area contributed by atoms with E-state index in [1.807, 2.05) is 26.0 Å². The minimum Gasteiger partial charge on any atom is -0.495 e. The van der Waals surface area contributed by atoms with E-state index in [9.17, 15) is 18.0 Å². The molecule has 0 saturated heterocycles. The lowest BCUT2D eigenvalue weighted by atomic mass is 10.1. The van der Waals surface area contributed by atoms with Crippen LogP contribution in [0.4, 0.5) is 5.69 Å². The number of amides is 2. The predicted molar refractivity (Wildman–Crippen MR) is 165 cm³/mol. The second-order valence-corrected chi connectivity index (χ2v) is 13.1. The number of sulfonamides is 1. The first-order valence-electron chi connectivity index (χ1n) is 14.1. The number of halogens is 1. The number of anilines is 1. The van der Waals surface area contributed by atoms with Crippen molar-refractivity contribution >= 4 is 39.1 Å². The van der Waals surface area contributed by atoms with Crippen LogP contribution in [0.15, 0.2) is 71.6 Å². The summed E-state index contributed by atoms with van der Waals surface area (Å²) in [6.07, 6.45) is 3.90. The van der Waals surface area contributed by atoms with Crippen LogP contribution in [0.2, 0.25) is 5.02 Å². The maximum Gasteiger partial charge on any atom is 0.264 e. The zero-order valence-corrected chi connectivity index (χ0v) is 26.0. The van der Waals surface area contributed by atoms with Gasteiger partial charge in [-0.25, -0.2) is 8.42 Å². The third-order valence-corrected chi connectivity index (χ3v) is 9.61. The normalized spacial score (nSPS) is 14.3. The number of ether oxygens (including phenoxy) is 1. The molecule has 3 aromatic rings. The second kappa shape index (κ2) is 13.6. The van der Waals surface area contributed by atoms with Crippen molar-refractivity contribution in [2.45, 2.75) is 70.0 Å². The van der Waals surface area contributed by atoms with Gasteiger partial charge in [-0.1, -0.05) is 60.3 Å². The summed E-state index contributed by atoms with van der Waals surface area (Å²) in [7, 11) is -2.76. The molecule has 0 spiro atoms. The molecule has 1 saturated carbocycles. The summed E-state index contributed by atoms with van der Waals surface area (Å²) in [5.74, 6) is -0.515. The third-order valence-electron chi connectivity index (χ3n) is 7.60. The van der Waals surface area contributed by atoms with Gasteiger partial charge in [-0.3, -0.25) is 13.9 Å². The molecule has 0 heterocycles. The van der Waals surface area contributed by atoms with Gasteiger partial charge < -0.3 is 15.0 Å². The predicted octanol–water partition coefficient (Wildman–Crippen LogP) is 5.64. The molecule has 0 unspecified atom stereocenters. The van der Waals surface area contributed by atoms with Crippen molar-refractivity contribution in [2.24, 2.45) is 0 Å². The van der Waals surface area contributed by atoms with Gasteiger partial charge in [0.05, 0.1) is 17.7 Å². The Morgan fingerprint density at radius 1 is 1.00 bits per heavy atom. The summed E-state index contributed by atoms with van der Waals surface area (Å²) in [6, 6.07) is 17.9. The second-order valence-electron chi connectivity index (χ2n) is 10.8. The fourth-order valence-electron chi connectivity index (χ4n) is 5.15. The lowest BCUT2D eigenvalue weighted by Gasteiger charge is -2.33. The molecule has 4 rings (SSSR count). The molecular formula is C32H38ClN3O5S. The molecule has 0 aliphatic heterocycles. The molecule has 1 aliphatic carbocycles. The number of carbonyl (C=O) groups is 2. The monoisotopic (exact) mass is 611 g/mol. The van der Waals surface area contributed by atoms with Crippen LogP contribution < -0.4 is 14.4 Å². The highest BCUT2D eigenvalue weighted by molar-refractivity contribution is 7.92. The first kappa shape index (κ1) is 31.4. The quantitative estimate of drug-likeness (QED) is 0.303. The Labute approximate surface area is 253 Å². The van der Waals surface area contributed by atoms with E-state index in [-0.39, 0.29) is 29.1 Å². The third kappa shape index (κ3) is 7.44. The number of hydrogen-bond donors (Lipinski definition) is 1. The summed E-state index contributed by atoms with van der Waals surface area (Å²) in [5.41, 5.74) is 2.65. The lowest BCUT2D eigenvalue weighted by Crippen LogP contribution is -2.52. The van der Waals surface area contributed by atoms with Gasteiger partial charge in [0.2, 0.25) is 11.8 Å². The number of aryl methyl sites for hydroxylation is 2. The highest BCUT2D eigenvalue weighted by Crippen LogP contribution is 2.34. The Hall–Kier alpha value is -3.56. The molecule has 0 aromatic heterocycles. The average molecular weight is 612 g/mol. The Balaban J connectivity index is 1.74. The van der Waals surface area contributed by atoms with Crippen molar-refractivity contribution in [3.63, 3.8) is 0 Å². The first-order chi connectivity index (χ1) is 20.0. The first-order valence-corrected chi connectivity index (χ1v) is 15.9. The van der Waals surface area contributed by atoms with Gasteiger partial charge >= 0.3 is 0 Å². The molecule has 224 valence electrons. The summed E-state index contributed by atoms with van der Waals surface area (Å²) in [4.78, 5) is 29.0. The minimum atomic E-state index is -4.21. The Bertz CT molecular complexity index is 1520. The van der Waals surface area contributed by atoms with Crippen LogP contribution in [0, 0.1) is 13.8 Å². The smallest absolute Gasteiger partial charge is 0.264 e. The van der Waals surface area contributed by atoms with Gasteiger partial charge in [0.1, 0.15) is 18.3 Å². The summed E-state index contributed by atoms with van der Waals surface area (Å²) in [6.45, 7) is 4.90. The summed E-state index contributed by atoms with van der Waals surface area (Å²) < 4.78 is 34.8. The van der Waals surface area contributed by atoms with E-state index in [4.69, 9.17) is 16.3 Å². The van der Waals surface area contributed by atoms with E-state index in [2.05, 4.69) is 5.32 Å². The van der Waals surface area contributed by atoms with E-state index in [0.717, 1.165) is 46.7 Å². The van der Waals surface area contributed by atoms with Crippen molar-refractivity contribution < 1.29 is 22.7 Å². The van der Waals surface area contributed by atoms with E-state index in [0.29, 0.717) is 10.8 Å². The molecule has 2 amide bonds. The topological polar surface area (TPSA) is 96.0 Å². The van der Waals surface area contributed by atoms with Crippen LogP contribution in [0.25, 0.3) is 0 Å². The van der Waals surface area contributed by atoms with Crippen LogP contribution >= 0.6 is 11.6 Å². The molecule has 1 fully saturated rings. The lowest BCUT2D eigenvalue weighted by molar-refractivity contribution is -0.139. The zero-order chi connectivity index (χ0) is 30.4. The van der Waals surface area contributed by atoms with Gasteiger partial charge in [0.15, 0.2) is 0 Å². The average Bonchev–Trinajstić information content (AvgIpc) is 3.47. The van der Waals surface area contributed by atoms with Crippen molar-refractivity contribution in [1.29, 1.82) is 0 Å². The van der Waals surface area contributed by atoms with Gasteiger partial charge in [-0.15, -0.1) is 0 Å². The highest BCUT2D eigenvalue weighted by atomic mass is 35.5. The maximum atomic E-state index is 14.2. The number of nitrogens with one attached hydrogen (secondary N) is 1. The number of methoxy groups -OCH3 is 1. The summed E-state index contributed by atoms with van der Waals surface area (Å²) in [5, 5.41) is 3.57. The number of nitrogens with zero attached hydrogens (tertiary/aromatic N) is 2. The SMILES string of the molecule is COc1ccc(C)cc1N(CC(=O)N(Cc1cccc(Cl)c1)[C@@H](C)C(=O)NC1CCCC1)S(=O)(=O)c1ccc(C)cc1. The van der Waals surface area contributed by atoms with Crippen LogP contribution in [0.1, 0.15) is 49.3 Å². The van der Waals surface area contributed by atoms with Crippen LogP contribution in [-0.4, -0.2) is 50.9 Å². The minimum absolute atomic E-state index is 0.0397. The van der Waals surface area contributed by atoms with E-state index >= 15 is 0 Å². The van der Waals surface area contributed by atoms with Crippen molar-refractivity contribution in [3.8, 4) is 5.75 Å². The van der Waals surface area contributed by atoms with Gasteiger partial charge in [-0.05, 0) is 81.1 Å². The van der Waals surface area contributed by atoms with Crippen molar-refractivity contribution in [1.82, 2.24) is 10.2 Å². The van der Waals surface area contributed by atoms with Gasteiger partial charge in [-0.2, -0.15) is 0 Å². The molecule has 10 heteroatoms. The molecule has 1 atom stereocenters. The molecule has 1 N–H and O–H groups in total. The Morgan fingerprint density at radius 3 is 2.31 bits per heavy atom. The molecule has 0 bridgehead atoms. The molecule has 0 radical (unpaired) electrons. The van der Waals surface area contributed by atoms with E-state index in [1.165, 1.54) is 24.1 Å². The Morgan fingerprint density at radius 2 is 1.67 bits per heavy atom. The van der Waals surface area contributed by atoms with Gasteiger partial charge in [0.25, 0.3) is 10.0 Å². The largest absolute Gasteiger partial charge is 0.495 e. The number of rotatable bonds is 11. The zero-order valence-electron chi connectivity index (χ0n) is 24.5. The fourth-order valence-corrected chi connectivity index (χ4v) is 6.78. The molecule has 8 nitrogen and oxygen atoms in total. The number of benzene rings is 3. The van der Waals surface area contributed by atoms with Crippen LogP contribution in [-0.2, 0) is 26.2 Å². The van der Waals surface area contributed by atoms with Crippen LogP contribution in [0.3, 0.4) is 0 Å². The Kier molecular flexibility index (Phi) is 10.2. The highest BCUT2D eigenvalue weighted by Gasteiger charge is 2.34. The van der Waals surface area contributed by atoms with Crippen molar-refractivity contribution in [3.05, 3.63) is 88.4 Å². The molecule has 42 heavy (non-hydrogen) atoms.